The molecule has 18 heavy (non-hydrogen) atoms. The van der Waals surface area contributed by atoms with Crippen LogP contribution in [0, 0.1) is 0 Å². The first-order chi connectivity index (χ1) is 8.41. The molecule has 9 heteroatoms. The van der Waals surface area contributed by atoms with Gasteiger partial charge in [0, 0.05) is 0 Å². The largest absolute Gasteiger partial charge is 0.394 e. The highest BCUT2D eigenvalue weighted by atomic mass is 16.5. The van der Waals surface area contributed by atoms with Gasteiger partial charge in [0.05, 0.1) is 19.5 Å². The lowest BCUT2D eigenvalue weighted by molar-refractivity contribution is -0.111. The minimum atomic E-state index is -1.89. The molecule has 0 unspecified atom stereocenters. The number of rotatable bonds is 3. The van der Waals surface area contributed by atoms with Crippen LogP contribution in [-0.2, 0) is 10.5 Å². The molecule has 7 N–H and O–H groups in total. The first kappa shape index (κ1) is 12.8. The summed E-state index contributed by atoms with van der Waals surface area (Å²) >= 11 is 0. The Morgan fingerprint density at radius 2 is 2.39 bits per heavy atom. The summed E-state index contributed by atoms with van der Waals surface area (Å²) in [5.74, 6) is -1.02. The second-order valence-corrected chi connectivity index (χ2v) is 4.07. The lowest BCUT2D eigenvalue weighted by Crippen LogP contribution is -2.47. The Balaban J connectivity index is 2.40. The lowest BCUT2D eigenvalue weighted by atomic mass is 10.1. The number of primary amides is 1. The van der Waals surface area contributed by atoms with Gasteiger partial charge < -0.3 is 31.5 Å². The van der Waals surface area contributed by atoms with Crippen molar-refractivity contribution < 1.29 is 24.9 Å². The number of amides is 1. The molecule has 0 spiro atoms. The summed E-state index contributed by atoms with van der Waals surface area (Å²) in [4.78, 5) is 14.7. The lowest BCUT2D eigenvalue weighted by Gasteiger charge is -2.28. The number of aromatic nitrogens is 2. The topological polar surface area (TPSA) is 157 Å². The molecule has 9 nitrogen and oxygen atoms in total. The van der Waals surface area contributed by atoms with E-state index >= 15 is 0 Å². The van der Waals surface area contributed by atoms with Crippen molar-refractivity contribution in [1.29, 1.82) is 0 Å². The van der Waals surface area contributed by atoms with E-state index in [9.17, 15) is 15.0 Å². The molecule has 0 aliphatic carbocycles. The van der Waals surface area contributed by atoms with Crippen LogP contribution in [0.3, 0.4) is 0 Å². The third-order valence-corrected chi connectivity index (χ3v) is 2.97. The summed E-state index contributed by atoms with van der Waals surface area (Å²) in [6.45, 7) is -0.751. The molecule has 1 aromatic rings. The number of ether oxygens (including phenoxy) is 1. The van der Waals surface area contributed by atoms with Crippen LogP contribution in [0.25, 0.3) is 0 Å². The maximum absolute atomic E-state index is 11.0. The van der Waals surface area contributed by atoms with Crippen molar-refractivity contribution in [2.45, 2.75) is 17.9 Å². The van der Waals surface area contributed by atoms with Crippen molar-refractivity contribution in [2.75, 3.05) is 18.9 Å². The fourth-order valence-corrected chi connectivity index (χ4v) is 1.92. The van der Waals surface area contributed by atoms with E-state index in [-0.39, 0.29) is 18.1 Å². The van der Waals surface area contributed by atoms with E-state index < -0.39 is 30.4 Å². The van der Waals surface area contributed by atoms with Crippen LogP contribution in [0.4, 0.5) is 5.82 Å². The van der Waals surface area contributed by atoms with Gasteiger partial charge in [0.25, 0.3) is 5.91 Å². The Kier molecular flexibility index (Phi) is 2.99. The molecule has 1 amide bonds. The molecule has 0 saturated carbocycles. The monoisotopic (exact) mass is 258 g/mol. The van der Waals surface area contributed by atoms with Gasteiger partial charge in [-0.25, -0.2) is 4.98 Å². The zero-order valence-electron chi connectivity index (χ0n) is 9.35. The summed E-state index contributed by atoms with van der Waals surface area (Å²) in [5, 5.41) is 29.1. The maximum atomic E-state index is 11.0. The van der Waals surface area contributed by atoms with Gasteiger partial charge in [0.1, 0.15) is 18.0 Å². The average molecular weight is 258 g/mol. The number of aliphatic hydroxyl groups is 3. The highest BCUT2D eigenvalue weighted by molar-refractivity contribution is 5.95. The van der Waals surface area contributed by atoms with Crippen LogP contribution >= 0.6 is 0 Å². The van der Waals surface area contributed by atoms with Crippen molar-refractivity contribution in [3.05, 3.63) is 12.0 Å². The van der Waals surface area contributed by atoms with Gasteiger partial charge in [-0.2, -0.15) is 0 Å². The van der Waals surface area contributed by atoms with Gasteiger partial charge in [0.2, 0.25) is 0 Å². The maximum Gasteiger partial charge on any atom is 0.271 e. The van der Waals surface area contributed by atoms with Crippen LogP contribution in [0.2, 0.25) is 0 Å². The molecule has 100 valence electrons. The Morgan fingerprint density at radius 1 is 1.72 bits per heavy atom. The molecule has 0 radical (unpaired) electrons. The normalized spacial score (nSPS) is 31.7. The number of carbonyl (C=O) groups excluding carboxylic acids is 1. The second-order valence-electron chi connectivity index (χ2n) is 4.07. The van der Waals surface area contributed by atoms with Crippen LogP contribution < -0.4 is 11.5 Å². The molecule has 0 bridgehead atoms. The standard InChI is InChI=1S/C9H14N4O5/c10-7-5(8(11)16)12-3-13(7)9(17)2-18-4(1-14)6(9)15/h3-4,6,14-15,17H,1-2,10H2,(H2,11,16)/t4-,6-,9-/m1/s1. The predicted molar refractivity (Wildman–Crippen MR) is 58.2 cm³/mol. The summed E-state index contributed by atoms with van der Waals surface area (Å²) in [6, 6.07) is 0. The van der Waals surface area contributed by atoms with E-state index in [4.69, 9.17) is 21.3 Å². The Labute approximate surface area is 102 Å². The average Bonchev–Trinajstić information content (AvgIpc) is 2.83. The molecule has 3 atom stereocenters. The van der Waals surface area contributed by atoms with E-state index in [0.29, 0.717) is 0 Å². The van der Waals surface area contributed by atoms with Crippen molar-refractivity contribution >= 4 is 11.7 Å². The zero-order chi connectivity index (χ0) is 13.5. The SMILES string of the molecule is NC(=O)c1ncn([C@@]2(O)CO[C@H](CO)[C@H]2O)c1N. The number of carbonyl (C=O) groups is 1. The number of nitrogens with two attached hydrogens (primary N) is 2. The summed E-state index contributed by atoms with van der Waals surface area (Å²) < 4.78 is 6.05. The number of aliphatic hydroxyl groups excluding tert-OH is 2. The van der Waals surface area contributed by atoms with Gasteiger partial charge in [-0.05, 0) is 0 Å². The molecule has 2 heterocycles. The van der Waals surface area contributed by atoms with Crippen molar-refractivity contribution in [2.24, 2.45) is 5.73 Å². The third kappa shape index (κ3) is 1.64. The highest BCUT2D eigenvalue weighted by Crippen LogP contribution is 2.32. The van der Waals surface area contributed by atoms with Crippen LogP contribution in [0.15, 0.2) is 6.33 Å². The van der Waals surface area contributed by atoms with Crippen LogP contribution in [0.5, 0.6) is 0 Å². The number of imidazole rings is 1. The third-order valence-electron chi connectivity index (χ3n) is 2.97. The quantitative estimate of drug-likeness (QED) is 0.385. The Hall–Kier alpha value is -1.68. The van der Waals surface area contributed by atoms with E-state index in [2.05, 4.69) is 4.98 Å². The fourth-order valence-electron chi connectivity index (χ4n) is 1.92. The van der Waals surface area contributed by atoms with Crippen LogP contribution in [0.1, 0.15) is 10.5 Å². The van der Waals surface area contributed by atoms with E-state index in [1.54, 1.807) is 0 Å². The van der Waals surface area contributed by atoms with E-state index in [1.165, 1.54) is 0 Å². The van der Waals surface area contributed by atoms with E-state index in [0.717, 1.165) is 10.9 Å². The first-order valence-electron chi connectivity index (χ1n) is 5.17. The smallest absolute Gasteiger partial charge is 0.271 e. The van der Waals surface area contributed by atoms with Gasteiger partial charge in [0.15, 0.2) is 11.4 Å². The first-order valence-corrected chi connectivity index (χ1v) is 5.17. The molecule has 1 aromatic heterocycles. The molecule has 1 aliphatic rings. The Morgan fingerprint density at radius 3 is 2.83 bits per heavy atom. The number of nitrogen functional groups attached to an aromatic ring is 1. The van der Waals surface area contributed by atoms with Crippen molar-refractivity contribution in [3.63, 3.8) is 0 Å². The molecule has 1 fully saturated rings. The Bertz CT molecular complexity index is 476. The van der Waals surface area contributed by atoms with Gasteiger partial charge in [-0.1, -0.05) is 0 Å². The number of anilines is 1. The molecular weight excluding hydrogens is 244 g/mol. The number of hydrogen-bond acceptors (Lipinski definition) is 7. The minimum Gasteiger partial charge on any atom is -0.394 e. The fraction of sp³-hybridized carbons (Fsp3) is 0.556. The minimum absolute atomic E-state index is 0.175. The highest BCUT2D eigenvalue weighted by Gasteiger charge is 2.50. The number of nitrogens with zero attached hydrogens (tertiary/aromatic N) is 2. The molecular formula is C9H14N4O5. The van der Waals surface area contributed by atoms with Crippen molar-refractivity contribution in [3.8, 4) is 0 Å². The van der Waals surface area contributed by atoms with Gasteiger partial charge in [-0.3, -0.25) is 9.36 Å². The van der Waals surface area contributed by atoms with Gasteiger partial charge in [-0.15, -0.1) is 0 Å². The summed E-state index contributed by atoms with van der Waals surface area (Å²) in [6.07, 6.45) is -1.25. The van der Waals surface area contributed by atoms with E-state index in [1.807, 2.05) is 0 Å². The summed E-state index contributed by atoms with van der Waals surface area (Å²) in [7, 11) is 0. The summed E-state index contributed by atoms with van der Waals surface area (Å²) in [5.41, 5.74) is 8.58. The molecule has 1 saturated heterocycles. The molecule has 2 rings (SSSR count). The van der Waals surface area contributed by atoms with Crippen molar-refractivity contribution in [1.82, 2.24) is 9.55 Å². The molecule has 1 aliphatic heterocycles. The molecule has 0 aromatic carbocycles. The zero-order valence-corrected chi connectivity index (χ0v) is 9.35. The number of hydrogen-bond donors (Lipinski definition) is 5. The van der Waals surface area contributed by atoms with Crippen LogP contribution in [-0.4, -0.2) is 56.2 Å². The predicted octanol–water partition coefficient (Wildman–Crippen LogP) is -3.04. The second kappa shape index (κ2) is 4.21. The van der Waals surface area contributed by atoms with Gasteiger partial charge >= 0.3 is 0 Å².